The number of methoxy groups -OCH3 is 2. The van der Waals surface area contributed by atoms with Crippen molar-refractivity contribution in [3.05, 3.63) is 29.3 Å². The zero-order chi connectivity index (χ0) is 18.4. The molecule has 1 aromatic heterocycles. The van der Waals surface area contributed by atoms with Gasteiger partial charge in [-0.15, -0.1) is 11.3 Å². The molecular weight excluding hydrogens is 346 g/mol. The van der Waals surface area contributed by atoms with Crippen molar-refractivity contribution in [3.8, 4) is 22.1 Å². The van der Waals surface area contributed by atoms with Crippen molar-refractivity contribution in [3.63, 3.8) is 0 Å². The molecule has 1 aliphatic rings. The maximum Gasteiger partial charge on any atom is 0.132 e. The monoisotopic (exact) mass is 375 g/mol. The summed E-state index contributed by atoms with van der Waals surface area (Å²) in [6, 6.07) is 5.88. The lowest BCUT2D eigenvalue weighted by atomic mass is 9.93. The van der Waals surface area contributed by atoms with E-state index in [1.54, 1.807) is 25.6 Å². The van der Waals surface area contributed by atoms with Crippen molar-refractivity contribution in [2.45, 2.75) is 25.8 Å². The lowest BCUT2D eigenvalue weighted by molar-refractivity contribution is 0.171. The summed E-state index contributed by atoms with van der Waals surface area (Å²) in [6.07, 6.45) is 3.89. The van der Waals surface area contributed by atoms with Crippen molar-refractivity contribution < 1.29 is 9.47 Å². The predicted octanol–water partition coefficient (Wildman–Crippen LogP) is 3.65. The van der Waals surface area contributed by atoms with Gasteiger partial charge >= 0.3 is 0 Å². The molecule has 2 heterocycles. The van der Waals surface area contributed by atoms with Crippen LogP contribution in [0.1, 0.15) is 25.0 Å². The van der Waals surface area contributed by atoms with Crippen LogP contribution in [0.3, 0.4) is 0 Å². The topological polar surface area (TPSA) is 46.6 Å². The highest BCUT2D eigenvalue weighted by Gasteiger charge is 2.20. The second-order valence-corrected chi connectivity index (χ2v) is 7.68. The molecule has 0 atom stereocenters. The van der Waals surface area contributed by atoms with E-state index in [1.807, 2.05) is 25.2 Å². The third-order valence-electron chi connectivity index (χ3n) is 5.09. The number of nitrogens with zero attached hydrogens (tertiary/aromatic N) is 2. The quantitative estimate of drug-likeness (QED) is 0.763. The highest BCUT2D eigenvalue weighted by Crippen LogP contribution is 2.35. The van der Waals surface area contributed by atoms with E-state index in [4.69, 9.17) is 14.5 Å². The van der Waals surface area contributed by atoms with Crippen LogP contribution in [0, 0.1) is 5.92 Å². The molecule has 0 bridgehead atoms. The van der Waals surface area contributed by atoms with Gasteiger partial charge in [0, 0.05) is 18.0 Å². The molecule has 1 aromatic carbocycles. The Bertz CT molecular complexity index is 696. The van der Waals surface area contributed by atoms with Crippen molar-refractivity contribution in [1.82, 2.24) is 15.2 Å². The summed E-state index contributed by atoms with van der Waals surface area (Å²) < 4.78 is 10.8. The molecule has 0 radical (unpaired) electrons. The van der Waals surface area contributed by atoms with Gasteiger partial charge in [-0.05, 0) is 64.0 Å². The first-order chi connectivity index (χ1) is 12.7. The van der Waals surface area contributed by atoms with Gasteiger partial charge in [-0.2, -0.15) is 0 Å². The van der Waals surface area contributed by atoms with Crippen LogP contribution in [-0.4, -0.2) is 50.8 Å². The number of aromatic nitrogens is 1. The van der Waals surface area contributed by atoms with Crippen LogP contribution in [0.5, 0.6) is 11.5 Å². The van der Waals surface area contributed by atoms with E-state index in [0.717, 1.165) is 46.8 Å². The second-order valence-electron chi connectivity index (χ2n) is 6.82. The number of nitrogens with one attached hydrogen (secondary N) is 1. The van der Waals surface area contributed by atoms with Crippen LogP contribution in [-0.2, 0) is 6.54 Å². The molecule has 6 heteroatoms. The van der Waals surface area contributed by atoms with Gasteiger partial charge in [-0.25, -0.2) is 4.98 Å². The van der Waals surface area contributed by atoms with E-state index in [1.165, 1.54) is 32.4 Å². The molecule has 5 nitrogen and oxygen atoms in total. The first kappa shape index (κ1) is 19.1. The number of rotatable bonds is 8. The van der Waals surface area contributed by atoms with Crippen LogP contribution in [0.4, 0.5) is 0 Å². The summed E-state index contributed by atoms with van der Waals surface area (Å²) in [6.45, 7) is 4.41. The Hall–Kier alpha value is -1.63. The summed E-state index contributed by atoms with van der Waals surface area (Å²) in [5.41, 5.74) is 2.17. The molecule has 2 aromatic rings. The third-order valence-corrected chi connectivity index (χ3v) is 6.01. The molecule has 1 N–H and O–H groups in total. The Balaban J connectivity index is 1.61. The first-order valence-electron chi connectivity index (χ1n) is 9.27. The van der Waals surface area contributed by atoms with E-state index in [0.29, 0.717) is 0 Å². The first-order valence-corrected chi connectivity index (χ1v) is 10.1. The molecule has 1 aliphatic heterocycles. The van der Waals surface area contributed by atoms with Crippen molar-refractivity contribution >= 4 is 11.3 Å². The standard InChI is InChI=1S/C20H29N3O2S/c1-21-9-6-15-7-10-23(11-8-15)13-16-14-26-20(22-16)18-5-4-17(24-2)12-19(18)25-3/h4-5,12,14-15,21H,6-11,13H2,1-3H3. The third kappa shape index (κ3) is 4.75. The summed E-state index contributed by atoms with van der Waals surface area (Å²) in [7, 11) is 5.38. The zero-order valence-corrected chi connectivity index (χ0v) is 16.8. The number of benzene rings is 1. The average Bonchev–Trinajstić information content (AvgIpc) is 3.15. The molecular formula is C20H29N3O2S. The predicted molar refractivity (Wildman–Crippen MR) is 107 cm³/mol. The van der Waals surface area contributed by atoms with E-state index < -0.39 is 0 Å². The SMILES string of the molecule is CNCCC1CCN(Cc2csc(-c3ccc(OC)cc3OC)n2)CC1. The number of hydrogen-bond donors (Lipinski definition) is 1. The van der Waals surface area contributed by atoms with Gasteiger partial charge in [0.25, 0.3) is 0 Å². The van der Waals surface area contributed by atoms with Crippen LogP contribution in [0.2, 0.25) is 0 Å². The minimum Gasteiger partial charge on any atom is -0.497 e. The van der Waals surface area contributed by atoms with Gasteiger partial charge in [-0.1, -0.05) is 0 Å². The molecule has 0 amide bonds. The van der Waals surface area contributed by atoms with E-state index in [-0.39, 0.29) is 0 Å². The van der Waals surface area contributed by atoms with Crippen molar-refractivity contribution in [2.24, 2.45) is 5.92 Å². The zero-order valence-electron chi connectivity index (χ0n) is 16.0. The van der Waals surface area contributed by atoms with Gasteiger partial charge < -0.3 is 14.8 Å². The summed E-state index contributed by atoms with van der Waals surface area (Å²) in [5, 5.41) is 6.44. The number of likely N-dealkylation sites (tertiary alicyclic amines) is 1. The fourth-order valence-corrected chi connectivity index (χ4v) is 4.33. The summed E-state index contributed by atoms with van der Waals surface area (Å²) in [5.74, 6) is 2.47. The molecule has 1 fully saturated rings. The number of ether oxygens (including phenoxy) is 2. The Morgan fingerprint density at radius 3 is 2.73 bits per heavy atom. The largest absolute Gasteiger partial charge is 0.497 e. The molecule has 0 unspecified atom stereocenters. The number of thiazole rings is 1. The van der Waals surface area contributed by atoms with Crippen molar-refractivity contribution in [1.29, 1.82) is 0 Å². The Labute approximate surface area is 160 Å². The molecule has 0 spiro atoms. The molecule has 1 saturated heterocycles. The van der Waals surface area contributed by atoms with Crippen LogP contribution >= 0.6 is 11.3 Å². The van der Waals surface area contributed by atoms with E-state index >= 15 is 0 Å². The Kier molecular flexibility index (Phi) is 6.88. The van der Waals surface area contributed by atoms with Gasteiger partial charge in [0.05, 0.1) is 25.5 Å². The average molecular weight is 376 g/mol. The lowest BCUT2D eigenvalue weighted by Gasteiger charge is -2.31. The van der Waals surface area contributed by atoms with E-state index in [2.05, 4.69) is 15.6 Å². The fraction of sp³-hybridized carbons (Fsp3) is 0.550. The van der Waals surface area contributed by atoms with Crippen LogP contribution < -0.4 is 14.8 Å². The number of piperidine rings is 1. The molecule has 0 aliphatic carbocycles. The lowest BCUT2D eigenvalue weighted by Crippen LogP contribution is -2.34. The maximum absolute atomic E-state index is 5.52. The Morgan fingerprint density at radius 1 is 1.23 bits per heavy atom. The van der Waals surface area contributed by atoms with Gasteiger partial charge in [0.2, 0.25) is 0 Å². The maximum atomic E-state index is 5.52. The highest BCUT2D eigenvalue weighted by molar-refractivity contribution is 7.13. The fourth-order valence-electron chi connectivity index (χ4n) is 3.49. The van der Waals surface area contributed by atoms with Crippen LogP contribution in [0.15, 0.2) is 23.6 Å². The molecule has 142 valence electrons. The Morgan fingerprint density at radius 2 is 2.04 bits per heavy atom. The molecule has 3 rings (SSSR count). The number of hydrogen-bond acceptors (Lipinski definition) is 6. The molecule has 0 saturated carbocycles. The second kappa shape index (κ2) is 9.35. The smallest absolute Gasteiger partial charge is 0.132 e. The van der Waals surface area contributed by atoms with Crippen molar-refractivity contribution in [2.75, 3.05) is 40.9 Å². The van der Waals surface area contributed by atoms with Gasteiger partial charge in [0.15, 0.2) is 0 Å². The van der Waals surface area contributed by atoms with E-state index in [9.17, 15) is 0 Å². The molecule has 26 heavy (non-hydrogen) atoms. The summed E-state index contributed by atoms with van der Waals surface area (Å²) >= 11 is 1.68. The minimum absolute atomic E-state index is 0.795. The van der Waals surface area contributed by atoms with Gasteiger partial charge in [-0.3, -0.25) is 4.90 Å². The van der Waals surface area contributed by atoms with Gasteiger partial charge in [0.1, 0.15) is 16.5 Å². The minimum atomic E-state index is 0.795. The van der Waals surface area contributed by atoms with Crippen LogP contribution in [0.25, 0.3) is 10.6 Å². The summed E-state index contributed by atoms with van der Waals surface area (Å²) in [4.78, 5) is 7.38. The highest BCUT2D eigenvalue weighted by atomic mass is 32.1. The normalized spacial score (nSPS) is 16.0.